The SMILES string of the molecule is COc1c(N2CC3(CC2C(=O)Nc2ccnc(S(C)=O)c2)CC(F)(F)C3)ccc(F)c1F. The Morgan fingerprint density at radius 1 is 1.28 bits per heavy atom. The molecule has 11 heteroatoms. The van der Waals surface area contributed by atoms with Crippen LogP contribution in [0.5, 0.6) is 5.75 Å². The second-order valence-electron chi connectivity index (χ2n) is 8.30. The fourth-order valence-electron chi connectivity index (χ4n) is 4.66. The van der Waals surface area contributed by atoms with Gasteiger partial charge in [0.25, 0.3) is 0 Å². The van der Waals surface area contributed by atoms with Gasteiger partial charge in [0.2, 0.25) is 17.6 Å². The molecule has 1 aliphatic carbocycles. The molecule has 2 fully saturated rings. The van der Waals surface area contributed by atoms with Crippen molar-refractivity contribution in [2.45, 2.75) is 36.3 Å². The zero-order valence-electron chi connectivity index (χ0n) is 17.3. The summed E-state index contributed by atoms with van der Waals surface area (Å²) in [6, 6.07) is 4.23. The number of pyridine rings is 1. The minimum atomic E-state index is -2.82. The minimum Gasteiger partial charge on any atom is -0.491 e. The van der Waals surface area contributed by atoms with E-state index in [1.165, 1.54) is 42.7 Å². The molecule has 1 aliphatic heterocycles. The van der Waals surface area contributed by atoms with Gasteiger partial charge in [-0.3, -0.25) is 9.00 Å². The van der Waals surface area contributed by atoms with E-state index in [1.807, 2.05) is 0 Å². The summed E-state index contributed by atoms with van der Waals surface area (Å²) in [6.45, 7) is 0.0721. The van der Waals surface area contributed by atoms with E-state index in [1.54, 1.807) is 0 Å². The molecule has 1 saturated carbocycles. The fraction of sp³-hybridized carbons (Fsp3) is 0.429. The van der Waals surface area contributed by atoms with Gasteiger partial charge in [0.15, 0.2) is 11.6 Å². The number of methoxy groups -OCH3 is 1. The molecule has 1 N–H and O–H groups in total. The van der Waals surface area contributed by atoms with Crippen LogP contribution in [-0.2, 0) is 15.6 Å². The number of amides is 1. The highest BCUT2D eigenvalue weighted by molar-refractivity contribution is 7.84. The van der Waals surface area contributed by atoms with Gasteiger partial charge in [-0.1, -0.05) is 0 Å². The Bertz CT molecular complexity index is 1090. The van der Waals surface area contributed by atoms with Gasteiger partial charge in [0.1, 0.15) is 11.1 Å². The summed E-state index contributed by atoms with van der Waals surface area (Å²) in [6.07, 6.45) is 2.18. The molecule has 2 aliphatic rings. The molecule has 4 rings (SSSR count). The van der Waals surface area contributed by atoms with Crippen LogP contribution >= 0.6 is 0 Å². The Morgan fingerprint density at radius 3 is 2.62 bits per heavy atom. The molecule has 0 radical (unpaired) electrons. The zero-order chi connectivity index (χ0) is 23.3. The summed E-state index contributed by atoms with van der Waals surface area (Å²) < 4.78 is 72.2. The van der Waals surface area contributed by atoms with Crippen LogP contribution in [0.25, 0.3) is 0 Å². The number of nitrogens with one attached hydrogen (secondary N) is 1. The van der Waals surface area contributed by atoms with Crippen molar-refractivity contribution in [2.75, 3.05) is 30.1 Å². The highest BCUT2D eigenvalue weighted by Crippen LogP contribution is 2.59. The predicted octanol–water partition coefficient (Wildman–Crippen LogP) is 3.74. The Hall–Kier alpha value is -2.69. The highest BCUT2D eigenvalue weighted by Gasteiger charge is 2.62. The third-order valence-electron chi connectivity index (χ3n) is 5.92. The first-order valence-electron chi connectivity index (χ1n) is 9.81. The van der Waals surface area contributed by atoms with Gasteiger partial charge in [0, 0.05) is 42.9 Å². The Kier molecular flexibility index (Phi) is 5.64. The third kappa shape index (κ3) is 4.05. The van der Waals surface area contributed by atoms with Crippen molar-refractivity contribution in [3.05, 3.63) is 42.1 Å². The van der Waals surface area contributed by atoms with Crippen LogP contribution in [0.1, 0.15) is 19.3 Å². The Balaban J connectivity index is 1.67. The van der Waals surface area contributed by atoms with Crippen molar-refractivity contribution in [1.82, 2.24) is 4.98 Å². The van der Waals surface area contributed by atoms with Crippen LogP contribution < -0.4 is 15.0 Å². The molecule has 32 heavy (non-hydrogen) atoms. The van der Waals surface area contributed by atoms with E-state index in [9.17, 15) is 26.6 Å². The molecule has 6 nitrogen and oxygen atoms in total. The molecule has 172 valence electrons. The van der Waals surface area contributed by atoms with Gasteiger partial charge in [-0.05, 0) is 30.7 Å². The van der Waals surface area contributed by atoms with E-state index in [0.717, 1.165) is 6.07 Å². The van der Waals surface area contributed by atoms with E-state index >= 15 is 0 Å². The highest BCUT2D eigenvalue weighted by atomic mass is 32.2. The van der Waals surface area contributed by atoms with Crippen LogP contribution in [0.15, 0.2) is 35.5 Å². The maximum absolute atomic E-state index is 14.3. The molecule has 1 amide bonds. The predicted molar refractivity (Wildman–Crippen MR) is 110 cm³/mol. The number of rotatable bonds is 5. The smallest absolute Gasteiger partial charge is 0.249 e. The molecule has 1 spiro atoms. The van der Waals surface area contributed by atoms with Gasteiger partial charge in [-0.15, -0.1) is 0 Å². The molecule has 2 unspecified atom stereocenters. The Labute approximate surface area is 184 Å². The molecule has 1 aromatic carbocycles. The van der Waals surface area contributed by atoms with E-state index in [-0.39, 0.29) is 36.5 Å². The maximum atomic E-state index is 14.3. The number of hydrogen-bond donors (Lipinski definition) is 1. The summed E-state index contributed by atoms with van der Waals surface area (Å²) >= 11 is 0. The first-order valence-corrected chi connectivity index (χ1v) is 11.4. The monoisotopic (exact) mass is 471 g/mol. The summed E-state index contributed by atoms with van der Waals surface area (Å²) in [5, 5.41) is 2.96. The lowest BCUT2D eigenvalue weighted by molar-refractivity contribution is -0.153. The molecule has 1 aromatic heterocycles. The number of anilines is 2. The minimum absolute atomic E-state index is 0.0721. The van der Waals surface area contributed by atoms with Crippen LogP contribution in [-0.4, -0.2) is 47.0 Å². The molecule has 2 heterocycles. The second-order valence-corrected chi connectivity index (χ2v) is 9.62. The van der Waals surface area contributed by atoms with Gasteiger partial charge in [-0.2, -0.15) is 4.39 Å². The number of hydrogen-bond acceptors (Lipinski definition) is 5. The molecule has 2 aromatic rings. The van der Waals surface area contributed by atoms with Crippen molar-refractivity contribution in [2.24, 2.45) is 5.41 Å². The van der Waals surface area contributed by atoms with E-state index < -0.39 is 51.5 Å². The average molecular weight is 471 g/mol. The van der Waals surface area contributed by atoms with Crippen LogP contribution in [0, 0.1) is 17.0 Å². The van der Waals surface area contributed by atoms with Crippen molar-refractivity contribution in [1.29, 1.82) is 0 Å². The number of benzene rings is 1. The van der Waals surface area contributed by atoms with Gasteiger partial charge in [-0.25, -0.2) is 18.2 Å². The zero-order valence-corrected chi connectivity index (χ0v) is 18.1. The number of carbonyl (C=O) groups is 1. The molecular weight excluding hydrogens is 450 g/mol. The summed E-state index contributed by atoms with van der Waals surface area (Å²) in [7, 11) is -0.196. The number of aromatic nitrogens is 1. The van der Waals surface area contributed by atoms with Gasteiger partial charge < -0.3 is 15.0 Å². The van der Waals surface area contributed by atoms with Gasteiger partial charge >= 0.3 is 0 Å². The average Bonchev–Trinajstić information content (AvgIpc) is 3.09. The first kappa shape index (κ1) is 22.5. The first-order chi connectivity index (χ1) is 15.0. The fourth-order valence-corrected chi connectivity index (χ4v) is 5.16. The standard InChI is InChI=1S/C21H21F4N3O3S/c1-31-18-14(4-3-13(22)17(18)23)28-11-20(9-21(24,25)10-20)8-15(28)19(29)27-12-5-6-26-16(7-12)32(2)30/h3-7,15H,8-11H2,1-2H3,(H,26,27,29). The van der Waals surface area contributed by atoms with Crippen molar-refractivity contribution < 1.29 is 31.3 Å². The molecule has 0 bridgehead atoms. The number of halogens is 4. The molecule has 1 saturated heterocycles. The van der Waals surface area contributed by atoms with E-state index in [0.29, 0.717) is 5.69 Å². The van der Waals surface area contributed by atoms with Crippen molar-refractivity contribution in [3.63, 3.8) is 0 Å². The van der Waals surface area contributed by atoms with Crippen LogP contribution in [0.3, 0.4) is 0 Å². The molecular formula is C21H21F4N3O3S. The second kappa shape index (κ2) is 8.02. The lowest BCUT2D eigenvalue weighted by atomic mass is 9.65. The number of ether oxygens (including phenoxy) is 1. The maximum Gasteiger partial charge on any atom is 0.249 e. The van der Waals surface area contributed by atoms with Crippen LogP contribution in [0.2, 0.25) is 0 Å². The largest absolute Gasteiger partial charge is 0.491 e. The lowest BCUT2D eigenvalue weighted by Crippen LogP contribution is -2.47. The normalized spacial score (nSPS) is 21.8. The topological polar surface area (TPSA) is 71.5 Å². The van der Waals surface area contributed by atoms with Crippen molar-refractivity contribution in [3.8, 4) is 5.75 Å². The molecule has 2 atom stereocenters. The summed E-state index contributed by atoms with van der Waals surface area (Å²) in [4.78, 5) is 18.6. The number of carbonyl (C=O) groups excluding carboxylic acids is 1. The van der Waals surface area contributed by atoms with E-state index in [2.05, 4.69) is 10.3 Å². The number of alkyl halides is 2. The lowest BCUT2D eigenvalue weighted by Gasteiger charge is -2.44. The quantitative estimate of drug-likeness (QED) is 0.673. The Morgan fingerprint density at radius 2 is 2.00 bits per heavy atom. The van der Waals surface area contributed by atoms with Gasteiger partial charge in [0.05, 0.1) is 23.6 Å². The van der Waals surface area contributed by atoms with E-state index in [4.69, 9.17) is 4.74 Å². The van der Waals surface area contributed by atoms with Crippen molar-refractivity contribution >= 4 is 28.1 Å². The number of nitrogens with zero attached hydrogens (tertiary/aromatic N) is 2. The summed E-state index contributed by atoms with van der Waals surface area (Å²) in [5.74, 6) is -6.05. The third-order valence-corrected chi connectivity index (χ3v) is 6.73. The summed E-state index contributed by atoms with van der Waals surface area (Å²) in [5.41, 5.74) is -0.369. The van der Waals surface area contributed by atoms with Crippen LogP contribution in [0.4, 0.5) is 28.9 Å².